The number of hydrogen-bond donors (Lipinski definition) is 0. The molecule has 2 aromatic rings. The van der Waals surface area contributed by atoms with Gasteiger partial charge in [0.1, 0.15) is 17.0 Å². The van der Waals surface area contributed by atoms with Gasteiger partial charge in [0, 0.05) is 12.6 Å². The summed E-state index contributed by atoms with van der Waals surface area (Å²) in [5.41, 5.74) is 0.369. The van der Waals surface area contributed by atoms with E-state index in [0.717, 1.165) is 17.2 Å². The van der Waals surface area contributed by atoms with Crippen molar-refractivity contribution in [1.82, 2.24) is 9.97 Å². The zero-order chi connectivity index (χ0) is 13.5. The fourth-order valence-corrected chi connectivity index (χ4v) is 3.77. The van der Waals surface area contributed by atoms with Gasteiger partial charge in [-0.1, -0.05) is 20.8 Å². The summed E-state index contributed by atoms with van der Waals surface area (Å²) < 4.78 is 0. The number of aromatic nitrogens is 2. The predicted molar refractivity (Wildman–Crippen MR) is 81.9 cm³/mol. The molecular weight excluding hydrogens is 254 g/mol. The van der Waals surface area contributed by atoms with Crippen LogP contribution in [0.2, 0.25) is 0 Å². The van der Waals surface area contributed by atoms with Gasteiger partial charge in [-0.3, -0.25) is 0 Å². The van der Waals surface area contributed by atoms with Crippen LogP contribution in [0.5, 0.6) is 0 Å². The Morgan fingerprint density at radius 1 is 1.37 bits per heavy atom. The third-order valence-corrected chi connectivity index (χ3v) is 4.56. The molecule has 0 bridgehead atoms. The molecule has 0 aromatic carbocycles. The molecule has 1 fully saturated rings. The average molecular weight is 275 g/mol. The Bertz CT molecular complexity index is 570. The van der Waals surface area contributed by atoms with Crippen LogP contribution in [-0.2, 0) is 0 Å². The van der Waals surface area contributed by atoms with E-state index in [9.17, 15) is 0 Å². The second-order valence-electron chi connectivity index (χ2n) is 6.59. The van der Waals surface area contributed by atoms with Crippen molar-refractivity contribution in [3.8, 4) is 0 Å². The standard InChI is InChI=1S/C15H21N3S/c1-15(2,3)9-11-5-4-7-18(11)13-12-6-8-19-14(12)17-10-16-13/h6,8,10-11H,4-5,7,9H2,1-3H3/t11-/m1/s1. The minimum atomic E-state index is 0.369. The summed E-state index contributed by atoms with van der Waals surface area (Å²) >= 11 is 1.70. The van der Waals surface area contributed by atoms with Gasteiger partial charge in [-0.25, -0.2) is 9.97 Å². The molecule has 1 atom stereocenters. The van der Waals surface area contributed by atoms with Crippen LogP contribution in [-0.4, -0.2) is 22.6 Å². The SMILES string of the molecule is CC(C)(C)C[C@H]1CCCN1c1ncnc2sccc12. The first-order valence-corrected chi connectivity index (χ1v) is 7.87. The van der Waals surface area contributed by atoms with Gasteiger partial charge in [0.25, 0.3) is 0 Å². The Morgan fingerprint density at radius 2 is 2.21 bits per heavy atom. The van der Waals surface area contributed by atoms with Crippen LogP contribution in [0, 0.1) is 5.41 Å². The molecule has 1 aliphatic heterocycles. The van der Waals surface area contributed by atoms with Crippen molar-refractivity contribution in [3.05, 3.63) is 17.8 Å². The molecule has 2 aromatic heterocycles. The predicted octanol–water partition coefficient (Wildman–Crippen LogP) is 4.10. The third kappa shape index (κ3) is 2.59. The molecule has 19 heavy (non-hydrogen) atoms. The number of fused-ring (bicyclic) bond motifs is 1. The van der Waals surface area contributed by atoms with Gasteiger partial charge < -0.3 is 4.90 Å². The Hall–Kier alpha value is -1.16. The molecule has 4 heteroatoms. The molecular formula is C15H21N3S. The topological polar surface area (TPSA) is 29.0 Å². The minimum absolute atomic E-state index is 0.369. The lowest BCUT2D eigenvalue weighted by atomic mass is 9.87. The maximum atomic E-state index is 4.56. The van der Waals surface area contributed by atoms with E-state index >= 15 is 0 Å². The average Bonchev–Trinajstić information content (AvgIpc) is 2.94. The molecule has 3 heterocycles. The number of hydrogen-bond acceptors (Lipinski definition) is 4. The second-order valence-corrected chi connectivity index (χ2v) is 7.49. The Labute approximate surface area is 118 Å². The van der Waals surface area contributed by atoms with Crippen molar-refractivity contribution in [3.63, 3.8) is 0 Å². The molecule has 0 amide bonds. The number of nitrogens with zero attached hydrogens (tertiary/aromatic N) is 3. The van der Waals surface area contributed by atoms with Crippen molar-refractivity contribution in [2.45, 2.75) is 46.1 Å². The summed E-state index contributed by atoms with van der Waals surface area (Å²) in [6, 6.07) is 2.78. The molecule has 3 rings (SSSR count). The molecule has 0 saturated carbocycles. The van der Waals surface area contributed by atoms with Gasteiger partial charge in [0.2, 0.25) is 0 Å². The first-order chi connectivity index (χ1) is 9.04. The number of anilines is 1. The van der Waals surface area contributed by atoms with Crippen molar-refractivity contribution >= 4 is 27.4 Å². The monoisotopic (exact) mass is 275 g/mol. The van der Waals surface area contributed by atoms with Crippen LogP contribution in [0.4, 0.5) is 5.82 Å². The van der Waals surface area contributed by atoms with Crippen molar-refractivity contribution in [2.75, 3.05) is 11.4 Å². The van der Waals surface area contributed by atoms with E-state index in [1.54, 1.807) is 17.7 Å². The quantitative estimate of drug-likeness (QED) is 0.826. The van der Waals surface area contributed by atoms with Gasteiger partial charge in [0.05, 0.1) is 5.39 Å². The van der Waals surface area contributed by atoms with Crippen molar-refractivity contribution in [2.24, 2.45) is 5.41 Å². The van der Waals surface area contributed by atoms with Crippen LogP contribution in [0.3, 0.4) is 0 Å². The largest absolute Gasteiger partial charge is 0.353 e. The molecule has 0 radical (unpaired) electrons. The molecule has 3 nitrogen and oxygen atoms in total. The minimum Gasteiger partial charge on any atom is -0.353 e. The lowest BCUT2D eigenvalue weighted by Gasteiger charge is -2.31. The molecule has 0 unspecified atom stereocenters. The molecule has 1 aliphatic rings. The van der Waals surface area contributed by atoms with Crippen LogP contribution in [0.15, 0.2) is 17.8 Å². The summed E-state index contributed by atoms with van der Waals surface area (Å²) in [5, 5.41) is 3.32. The van der Waals surface area contributed by atoms with E-state index in [-0.39, 0.29) is 0 Å². The van der Waals surface area contributed by atoms with Crippen LogP contribution in [0.1, 0.15) is 40.0 Å². The van der Waals surface area contributed by atoms with Crippen molar-refractivity contribution in [1.29, 1.82) is 0 Å². The fourth-order valence-electron chi connectivity index (χ4n) is 3.04. The van der Waals surface area contributed by atoms with E-state index < -0.39 is 0 Å². The highest BCUT2D eigenvalue weighted by molar-refractivity contribution is 7.16. The van der Waals surface area contributed by atoms with E-state index in [1.807, 2.05) is 0 Å². The lowest BCUT2D eigenvalue weighted by Crippen LogP contribution is -2.33. The van der Waals surface area contributed by atoms with E-state index in [2.05, 4.69) is 47.1 Å². The summed E-state index contributed by atoms with van der Waals surface area (Å²) in [7, 11) is 0. The lowest BCUT2D eigenvalue weighted by molar-refractivity contribution is 0.339. The Kier molecular flexibility index (Phi) is 3.21. The van der Waals surface area contributed by atoms with Gasteiger partial charge in [-0.15, -0.1) is 11.3 Å². The Morgan fingerprint density at radius 3 is 3.00 bits per heavy atom. The summed E-state index contributed by atoms with van der Waals surface area (Å²) in [6.07, 6.45) is 5.49. The zero-order valence-electron chi connectivity index (χ0n) is 11.9. The zero-order valence-corrected chi connectivity index (χ0v) is 12.7. The smallest absolute Gasteiger partial charge is 0.141 e. The maximum absolute atomic E-state index is 4.56. The van der Waals surface area contributed by atoms with E-state index in [4.69, 9.17) is 0 Å². The highest BCUT2D eigenvalue weighted by atomic mass is 32.1. The van der Waals surface area contributed by atoms with Gasteiger partial charge in [0.15, 0.2) is 0 Å². The molecule has 1 saturated heterocycles. The highest BCUT2D eigenvalue weighted by Gasteiger charge is 2.30. The maximum Gasteiger partial charge on any atom is 0.141 e. The van der Waals surface area contributed by atoms with Crippen LogP contribution < -0.4 is 4.90 Å². The first kappa shape index (κ1) is 12.9. The summed E-state index contributed by atoms with van der Waals surface area (Å²) in [6.45, 7) is 8.10. The second kappa shape index (κ2) is 4.75. The fraction of sp³-hybridized carbons (Fsp3) is 0.600. The summed E-state index contributed by atoms with van der Waals surface area (Å²) in [4.78, 5) is 12.5. The van der Waals surface area contributed by atoms with Gasteiger partial charge in [-0.2, -0.15) is 0 Å². The molecule has 0 N–H and O–H groups in total. The molecule has 102 valence electrons. The van der Waals surface area contributed by atoms with Crippen LogP contribution >= 0.6 is 11.3 Å². The van der Waals surface area contributed by atoms with E-state index in [1.165, 1.54) is 24.6 Å². The summed E-state index contributed by atoms with van der Waals surface area (Å²) in [5.74, 6) is 1.14. The number of thiophene rings is 1. The molecule has 0 aliphatic carbocycles. The van der Waals surface area contributed by atoms with Gasteiger partial charge in [-0.05, 0) is 36.1 Å². The normalized spacial score (nSPS) is 20.4. The first-order valence-electron chi connectivity index (χ1n) is 6.99. The van der Waals surface area contributed by atoms with E-state index in [0.29, 0.717) is 11.5 Å². The Balaban J connectivity index is 1.94. The van der Waals surface area contributed by atoms with Gasteiger partial charge >= 0.3 is 0 Å². The highest BCUT2D eigenvalue weighted by Crippen LogP contribution is 2.35. The third-order valence-electron chi connectivity index (χ3n) is 3.74. The molecule has 0 spiro atoms. The number of rotatable bonds is 2. The van der Waals surface area contributed by atoms with Crippen LogP contribution in [0.25, 0.3) is 10.2 Å². The van der Waals surface area contributed by atoms with Crippen molar-refractivity contribution < 1.29 is 0 Å².